The molecule has 0 aromatic rings. The molecule has 5 heteroatoms. The molecular formula is C10H19N3O2. The zero-order valence-corrected chi connectivity index (χ0v) is 9.30. The molecule has 3 N–H and O–H groups in total. The number of hydrogen-bond acceptors (Lipinski definition) is 2. The lowest BCUT2D eigenvalue weighted by Crippen LogP contribution is -2.51. The summed E-state index contributed by atoms with van der Waals surface area (Å²) in [6, 6.07) is -0.435. The van der Waals surface area contributed by atoms with Crippen LogP contribution in [0.5, 0.6) is 0 Å². The van der Waals surface area contributed by atoms with Gasteiger partial charge in [-0.3, -0.25) is 4.79 Å². The topological polar surface area (TPSA) is 70.2 Å². The standard InChI is InChI=1S/C10H19N3O2/c1-3-11-9(14)7(2)12-10(15)13-8-5-4-6-8/h7-8H,3-6H2,1-2H3,(H,11,14)(H2,12,13,15). The van der Waals surface area contributed by atoms with Crippen molar-refractivity contribution in [3.63, 3.8) is 0 Å². The van der Waals surface area contributed by atoms with Crippen LogP contribution >= 0.6 is 0 Å². The number of hydrogen-bond donors (Lipinski definition) is 3. The lowest BCUT2D eigenvalue weighted by atomic mass is 9.93. The fourth-order valence-corrected chi connectivity index (χ4v) is 1.37. The third-order valence-corrected chi connectivity index (χ3v) is 2.53. The third kappa shape index (κ3) is 3.77. The van der Waals surface area contributed by atoms with Gasteiger partial charge in [-0.2, -0.15) is 0 Å². The second-order valence-corrected chi connectivity index (χ2v) is 3.86. The Bertz CT molecular complexity index is 239. The first kappa shape index (κ1) is 11.8. The predicted molar refractivity (Wildman–Crippen MR) is 57.5 cm³/mol. The fourth-order valence-electron chi connectivity index (χ4n) is 1.37. The van der Waals surface area contributed by atoms with Crippen LogP contribution in [0.15, 0.2) is 0 Å². The Balaban J connectivity index is 2.20. The SMILES string of the molecule is CCNC(=O)C(C)NC(=O)NC1CCC1. The third-order valence-electron chi connectivity index (χ3n) is 2.53. The van der Waals surface area contributed by atoms with Crippen molar-refractivity contribution in [1.29, 1.82) is 0 Å². The molecule has 5 nitrogen and oxygen atoms in total. The van der Waals surface area contributed by atoms with Crippen LogP contribution in [0, 0.1) is 0 Å². The van der Waals surface area contributed by atoms with E-state index in [1.54, 1.807) is 6.92 Å². The number of rotatable bonds is 4. The molecule has 15 heavy (non-hydrogen) atoms. The smallest absolute Gasteiger partial charge is 0.315 e. The van der Waals surface area contributed by atoms with Gasteiger partial charge in [-0.25, -0.2) is 4.79 Å². The highest BCUT2D eigenvalue weighted by molar-refractivity contribution is 5.86. The molecule has 1 rings (SSSR count). The zero-order valence-electron chi connectivity index (χ0n) is 9.30. The number of amides is 3. The van der Waals surface area contributed by atoms with Gasteiger partial charge in [0, 0.05) is 12.6 Å². The number of likely N-dealkylation sites (N-methyl/N-ethyl adjacent to an activating group) is 1. The Morgan fingerprint density at radius 2 is 2.07 bits per heavy atom. The first-order valence-corrected chi connectivity index (χ1v) is 5.48. The summed E-state index contributed by atoms with van der Waals surface area (Å²) < 4.78 is 0. The molecule has 0 saturated heterocycles. The van der Waals surface area contributed by atoms with Crippen LogP contribution in [-0.2, 0) is 4.79 Å². The van der Waals surface area contributed by atoms with Gasteiger partial charge in [0.1, 0.15) is 6.04 Å². The molecule has 0 bridgehead atoms. The maximum absolute atomic E-state index is 11.4. The van der Waals surface area contributed by atoms with Crippen LogP contribution in [0.4, 0.5) is 4.79 Å². The van der Waals surface area contributed by atoms with Crippen molar-refractivity contribution >= 4 is 11.9 Å². The molecule has 0 aromatic heterocycles. The van der Waals surface area contributed by atoms with Gasteiger partial charge in [-0.15, -0.1) is 0 Å². The first-order chi connectivity index (χ1) is 7.13. The van der Waals surface area contributed by atoms with E-state index in [4.69, 9.17) is 0 Å². The van der Waals surface area contributed by atoms with Gasteiger partial charge < -0.3 is 16.0 Å². The lowest BCUT2D eigenvalue weighted by molar-refractivity contribution is -0.122. The average Bonchev–Trinajstić information content (AvgIpc) is 2.12. The van der Waals surface area contributed by atoms with Crippen LogP contribution in [0.3, 0.4) is 0 Å². The number of carbonyl (C=O) groups is 2. The largest absolute Gasteiger partial charge is 0.355 e. The molecule has 0 heterocycles. The van der Waals surface area contributed by atoms with E-state index in [1.165, 1.54) is 6.42 Å². The molecule has 1 unspecified atom stereocenters. The van der Waals surface area contributed by atoms with E-state index in [0.29, 0.717) is 12.6 Å². The maximum Gasteiger partial charge on any atom is 0.315 e. The van der Waals surface area contributed by atoms with E-state index in [-0.39, 0.29) is 11.9 Å². The summed E-state index contributed by atoms with van der Waals surface area (Å²) in [6.07, 6.45) is 3.27. The Labute approximate surface area is 90.0 Å². The fraction of sp³-hybridized carbons (Fsp3) is 0.800. The van der Waals surface area contributed by atoms with Crippen molar-refractivity contribution in [2.45, 2.75) is 45.2 Å². The van der Waals surface area contributed by atoms with Gasteiger partial charge in [0.2, 0.25) is 5.91 Å². The second kappa shape index (κ2) is 5.58. The number of nitrogens with one attached hydrogen (secondary N) is 3. The summed E-state index contributed by atoms with van der Waals surface area (Å²) in [5, 5.41) is 8.07. The average molecular weight is 213 g/mol. The summed E-state index contributed by atoms with van der Waals surface area (Å²) in [7, 11) is 0. The monoisotopic (exact) mass is 213 g/mol. The molecule has 0 aliphatic heterocycles. The highest BCUT2D eigenvalue weighted by Gasteiger charge is 2.21. The Morgan fingerprint density at radius 1 is 1.40 bits per heavy atom. The van der Waals surface area contributed by atoms with Gasteiger partial charge in [-0.1, -0.05) is 0 Å². The first-order valence-electron chi connectivity index (χ1n) is 5.48. The molecule has 1 aliphatic rings. The van der Waals surface area contributed by atoms with Crippen molar-refractivity contribution in [1.82, 2.24) is 16.0 Å². The van der Waals surface area contributed by atoms with E-state index in [2.05, 4.69) is 16.0 Å². The van der Waals surface area contributed by atoms with Crippen molar-refractivity contribution in [3.05, 3.63) is 0 Å². The summed E-state index contributed by atoms with van der Waals surface area (Å²) >= 11 is 0. The van der Waals surface area contributed by atoms with Crippen molar-refractivity contribution < 1.29 is 9.59 Å². The minimum Gasteiger partial charge on any atom is -0.355 e. The second-order valence-electron chi connectivity index (χ2n) is 3.86. The Morgan fingerprint density at radius 3 is 2.53 bits per heavy atom. The van der Waals surface area contributed by atoms with E-state index < -0.39 is 6.04 Å². The molecule has 1 aliphatic carbocycles. The lowest BCUT2D eigenvalue weighted by Gasteiger charge is -2.27. The molecule has 0 spiro atoms. The summed E-state index contributed by atoms with van der Waals surface area (Å²) in [4.78, 5) is 22.7. The van der Waals surface area contributed by atoms with Crippen LogP contribution in [0.1, 0.15) is 33.1 Å². The van der Waals surface area contributed by atoms with E-state index in [1.807, 2.05) is 6.92 Å². The van der Waals surface area contributed by atoms with E-state index in [0.717, 1.165) is 12.8 Å². The quantitative estimate of drug-likeness (QED) is 0.631. The van der Waals surface area contributed by atoms with Crippen LogP contribution in [0.2, 0.25) is 0 Å². The highest BCUT2D eigenvalue weighted by Crippen LogP contribution is 2.17. The predicted octanol–water partition coefficient (Wildman–Crippen LogP) is 0.363. The Hall–Kier alpha value is -1.26. The summed E-state index contributed by atoms with van der Waals surface area (Å²) in [6.45, 7) is 4.10. The van der Waals surface area contributed by atoms with Gasteiger partial charge in [0.15, 0.2) is 0 Å². The molecule has 3 amide bonds. The number of urea groups is 1. The van der Waals surface area contributed by atoms with Gasteiger partial charge in [-0.05, 0) is 33.1 Å². The molecule has 0 radical (unpaired) electrons. The normalized spacial score (nSPS) is 17.5. The zero-order chi connectivity index (χ0) is 11.3. The van der Waals surface area contributed by atoms with Gasteiger partial charge in [0.25, 0.3) is 0 Å². The van der Waals surface area contributed by atoms with E-state index >= 15 is 0 Å². The molecule has 0 aromatic carbocycles. The maximum atomic E-state index is 11.4. The Kier molecular flexibility index (Phi) is 4.39. The summed E-state index contributed by atoms with van der Waals surface area (Å²) in [5.41, 5.74) is 0. The van der Waals surface area contributed by atoms with Crippen LogP contribution in [0.25, 0.3) is 0 Å². The summed E-state index contributed by atoms with van der Waals surface area (Å²) in [5.74, 6) is -0.152. The van der Waals surface area contributed by atoms with Crippen molar-refractivity contribution in [2.75, 3.05) is 6.54 Å². The molecule has 1 fully saturated rings. The van der Waals surface area contributed by atoms with Crippen LogP contribution in [-0.4, -0.2) is 30.6 Å². The molecule has 1 atom stereocenters. The minimum absolute atomic E-state index is 0.152. The van der Waals surface area contributed by atoms with Gasteiger partial charge >= 0.3 is 6.03 Å². The molecule has 86 valence electrons. The van der Waals surface area contributed by atoms with Crippen LogP contribution < -0.4 is 16.0 Å². The van der Waals surface area contributed by atoms with Crippen molar-refractivity contribution in [3.8, 4) is 0 Å². The number of carbonyl (C=O) groups excluding carboxylic acids is 2. The minimum atomic E-state index is -0.481. The van der Waals surface area contributed by atoms with E-state index in [9.17, 15) is 9.59 Å². The molecular weight excluding hydrogens is 194 g/mol. The highest BCUT2D eigenvalue weighted by atomic mass is 16.2. The molecule has 1 saturated carbocycles. The van der Waals surface area contributed by atoms with Gasteiger partial charge in [0.05, 0.1) is 0 Å². The van der Waals surface area contributed by atoms with Crippen molar-refractivity contribution in [2.24, 2.45) is 0 Å².